The van der Waals surface area contributed by atoms with E-state index in [-0.39, 0.29) is 18.3 Å². The van der Waals surface area contributed by atoms with Crippen molar-refractivity contribution in [2.45, 2.75) is 19.8 Å². The van der Waals surface area contributed by atoms with Crippen LogP contribution in [0.3, 0.4) is 0 Å². The van der Waals surface area contributed by atoms with Gasteiger partial charge in [0.2, 0.25) is 0 Å². The molecule has 6 heteroatoms. The van der Waals surface area contributed by atoms with Gasteiger partial charge in [0, 0.05) is 17.7 Å². The molecule has 160 valence electrons. The SMILES string of the molecule is COc1ccc(NC(=O)c2ccc(OC(=O)CCCOc3ccc(C)cc3)cc2)cc1. The minimum absolute atomic E-state index is 0.242. The molecule has 0 atom stereocenters. The number of carbonyl (C=O) groups excluding carboxylic acids is 2. The van der Waals surface area contributed by atoms with Crippen molar-refractivity contribution in [3.05, 3.63) is 83.9 Å². The second-order valence-electron chi connectivity index (χ2n) is 6.95. The van der Waals surface area contributed by atoms with Gasteiger partial charge in [0.25, 0.3) is 5.91 Å². The predicted molar refractivity (Wildman–Crippen MR) is 119 cm³/mol. The summed E-state index contributed by atoms with van der Waals surface area (Å²) in [5.74, 6) is 1.29. The fourth-order valence-electron chi connectivity index (χ4n) is 2.78. The molecule has 6 nitrogen and oxygen atoms in total. The highest BCUT2D eigenvalue weighted by atomic mass is 16.5. The Hall–Kier alpha value is -3.80. The second-order valence-corrected chi connectivity index (χ2v) is 6.95. The van der Waals surface area contributed by atoms with Gasteiger partial charge in [-0.3, -0.25) is 9.59 Å². The van der Waals surface area contributed by atoms with Crippen molar-refractivity contribution in [1.82, 2.24) is 0 Å². The van der Waals surface area contributed by atoms with Crippen LogP contribution in [-0.2, 0) is 4.79 Å². The lowest BCUT2D eigenvalue weighted by atomic mass is 10.2. The highest BCUT2D eigenvalue weighted by Crippen LogP contribution is 2.18. The Kier molecular flexibility index (Phi) is 7.65. The van der Waals surface area contributed by atoms with Crippen molar-refractivity contribution in [2.24, 2.45) is 0 Å². The van der Waals surface area contributed by atoms with Crippen LogP contribution in [0.1, 0.15) is 28.8 Å². The number of carbonyl (C=O) groups is 2. The van der Waals surface area contributed by atoms with Crippen LogP contribution in [0, 0.1) is 6.92 Å². The van der Waals surface area contributed by atoms with Gasteiger partial charge in [0.1, 0.15) is 17.2 Å². The summed E-state index contributed by atoms with van der Waals surface area (Å²) in [4.78, 5) is 24.4. The number of hydrogen-bond donors (Lipinski definition) is 1. The van der Waals surface area contributed by atoms with Crippen molar-refractivity contribution >= 4 is 17.6 Å². The molecule has 0 heterocycles. The van der Waals surface area contributed by atoms with E-state index in [0.29, 0.717) is 35.8 Å². The van der Waals surface area contributed by atoms with Crippen LogP contribution in [0.5, 0.6) is 17.2 Å². The fraction of sp³-hybridized carbons (Fsp3) is 0.200. The molecule has 0 unspecified atom stereocenters. The van der Waals surface area contributed by atoms with Crippen LogP contribution in [0.15, 0.2) is 72.8 Å². The maximum absolute atomic E-state index is 12.3. The number of nitrogens with one attached hydrogen (secondary N) is 1. The lowest BCUT2D eigenvalue weighted by Gasteiger charge is -2.08. The van der Waals surface area contributed by atoms with Gasteiger partial charge in [-0.25, -0.2) is 0 Å². The van der Waals surface area contributed by atoms with E-state index in [1.807, 2.05) is 31.2 Å². The van der Waals surface area contributed by atoms with Gasteiger partial charge in [-0.1, -0.05) is 17.7 Å². The normalized spacial score (nSPS) is 10.3. The Morgan fingerprint density at radius 1 is 0.806 bits per heavy atom. The molecule has 0 saturated heterocycles. The molecule has 0 aliphatic heterocycles. The zero-order chi connectivity index (χ0) is 22.1. The number of ether oxygens (including phenoxy) is 3. The second kappa shape index (κ2) is 10.8. The molecule has 0 bridgehead atoms. The number of amides is 1. The number of hydrogen-bond acceptors (Lipinski definition) is 5. The van der Waals surface area contributed by atoms with Crippen LogP contribution in [0.4, 0.5) is 5.69 Å². The number of esters is 1. The Balaban J connectivity index is 1.42. The molecule has 1 amide bonds. The van der Waals surface area contributed by atoms with Crippen molar-refractivity contribution in [1.29, 1.82) is 0 Å². The quantitative estimate of drug-likeness (QED) is 0.299. The van der Waals surface area contributed by atoms with E-state index < -0.39 is 0 Å². The first-order chi connectivity index (χ1) is 15.0. The van der Waals surface area contributed by atoms with Crippen molar-refractivity contribution < 1.29 is 23.8 Å². The van der Waals surface area contributed by atoms with Crippen molar-refractivity contribution in [2.75, 3.05) is 19.0 Å². The summed E-state index contributed by atoms with van der Waals surface area (Å²) in [5.41, 5.74) is 2.29. The molecule has 3 aromatic rings. The molecular weight excluding hydrogens is 394 g/mol. The molecule has 3 aromatic carbocycles. The van der Waals surface area contributed by atoms with E-state index in [2.05, 4.69) is 5.32 Å². The van der Waals surface area contributed by atoms with Crippen LogP contribution in [0.25, 0.3) is 0 Å². The largest absolute Gasteiger partial charge is 0.497 e. The van der Waals surface area contributed by atoms with Crippen LogP contribution < -0.4 is 19.5 Å². The van der Waals surface area contributed by atoms with Crippen molar-refractivity contribution in [3.63, 3.8) is 0 Å². The first kappa shape index (κ1) is 21.9. The summed E-state index contributed by atoms with van der Waals surface area (Å²) in [5, 5.41) is 2.80. The Labute approximate surface area is 181 Å². The lowest BCUT2D eigenvalue weighted by molar-refractivity contribution is -0.134. The summed E-state index contributed by atoms with van der Waals surface area (Å²) < 4.78 is 16.0. The van der Waals surface area contributed by atoms with E-state index >= 15 is 0 Å². The summed E-state index contributed by atoms with van der Waals surface area (Å²) in [6.45, 7) is 2.45. The number of aryl methyl sites for hydroxylation is 1. The minimum Gasteiger partial charge on any atom is -0.497 e. The summed E-state index contributed by atoms with van der Waals surface area (Å²) >= 11 is 0. The van der Waals surface area contributed by atoms with Gasteiger partial charge in [-0.05, 0) is 74.0 Å². The third kappa shape index (κ3) is 6.89. The first-order valence-corrected chi connectivity index (χ1v) is 9.99. The number of benzene rings is 3. The predicted octanol–water partition coefficient (Wildman–Crippen LogP) is 5.02. The summed E-state index contributed by atoms with van der Waals surface area (Å²) in [6, 6.07) is 21.2. The standard InChI is InChI=1S/C25H25NO5/c1-18-5-11-22(12-6-18)30-17-3-4-24(27)31-23-13-7-19(8-14-23)25(28)26-20-9-15-21(29-2)16-10-20/h5-16H,3-4,17H2,1-2H3,(H,26,28). The zero-order valence-corrected chi connectivity index (χ0v) is 17.6. The van der Waals surface area contributed by atoms with Gasteiger partial charge in [0.15, 0.2) is 0 Å². The lowest BCUT2D eigenvalue weighted by Crippen LogP contribution is -2.12. The zero-order valence-electron chi connectivity index (χ0n) is 17.6. The number of anilines is 1. The Bertz CT molecular complexity index is 996. The topological polar surface area (TPSA) is 73.9 Å². The van der Waals surface area contributed by atoms with E-state index in [9.17, 15) is 9.59 Å². The number of methoxy groups -OCH3 is 1. The molecule has 31 heavy (non-hydrogen) atoms. The molecule has 0 spiro atoms. The smallest absolute Gasteiger partial charge is 0.311 e. The maximum Gasteiger partial charge on any atom is 0.311 e. The molecular formula is C25H25NO5. The van der Waals surface area contributed by atoms with Crippen molar-refractivity contribution in [3.8, 4) is 17.2 Å². The molecule has 0 aliphatic rings. The minimum atomic E-state index is -0.344. The van der Waals surface area contributed by atoms with Crippen LogP contribution >= 0.6 is 0 Å². The average molecular weight is 419 g/mol. The molecule has 0 radical (unpaired) electrons. The molecule has 3 rings (SSSR count). The van der Waals surface area contributed by atoms with Crippen LogP contribution in [0.2, 0.25) is 0 Å². The average Bonchev–Trinajstić information content (AvgIpc) is 2.79. The van der Waals surface area contributed by atoms with E-state index in [4.69, 9.17) is 14.2 Å². The van der Waals surface area contributed by atoms with Gasteiger partial charge in [-0.15, -0.1) is 0 Å². The Morgan fingerprint density at radius 3 is 2.06 bits per heavy atom. The van der Waals surface area contributed by atoms with E-state index in [1.165, 1.54) is 5.56 Å². The van der Waals surface area contributed by atoms with E-state index in [0.717, 1.165) is 5.75 Å². The molecule has 0 aliphatic carbocycles. The highest BCUT2D eigenvalue weighted by Gasteiger charge is 2.09. The molecule has 0 aromatic heterocycles. The molecule has 1 N–H and O–H groups in total. The monoisotopic (exact) mass is 419 g/mol. The fourth-order valence-corrected chi connectivity index (χ4v) is 2.78. The van der Waals surface area contributed by atoms with Crippen LogP contribution in [-0.4, -0.2) is 25.6 Å². The number of rotatable bonds is 9. The Morgan fingerprint density at radius 2 is 1.42 bits per heavy atom. The first-order valence-electron chi connectivity index (χ1n) is 9.99. The summed E-state index contributed by atoms with van der Waals surface area (Å²) in [6.07, 6.45) is 0.792. The van der Waals surface area contributed by atoms with E-state index in [1.54, 1.807) is 55.6 Å². The van der Waals surface area contributed by atoms with Gasteiger partial charge in [-0.2, -0.15) is 0 Å². The molecule has 0 fully saturated rings. The summed E-state index contributed by atoms with van der Waals surface area (Å²) in [7, 11) is 1.58. The third-order valence-corrected chi connectivity index (χ3v) is 4.51. The van der Waals surface area contributed by atoms with Gasteiger partial charge in [0.05, 0.1) is 13.7 Å². The molecule has 0 saturated carbocycles. The van der Waals surface area contributed by atoms with Gasteiger partial charge < -0.3 is 19.5 Å². The maximum atomic E-state index is 12.3. The third-order valence-electron chi connectivity index (χ3n) is 4.51. The van der Waals surface area contributed by atoms with Gasteiger partial charge >= 0.3 is 5.97 Å². The highest BCUT2D eigenvalue weighted by molar-refractivity contribution is 6.04.